The van der Waals surface area contributed by atoms with Crippen molar-refractivity contribution in [3.63, 3.8) is 0 Å². The van der Waals surface area contributed by atoms with E-state index in [1.807, 2.05) is 0 Å². The SMILES string of the molecule is CCOC(=O)C(N)C(=O)NCC(C)(O)CO. The zero-order valence-corrected chi connectivity index (χ0v) is 9.40. The summed E-state index contributed by atoms with van der Waals surface area (Å²) in [6.45, 7) is 2.35. The van der Waals surface area contributed by atoms with Gasteiger partial charge in [0.15, 0.2) is 6.04 Å². The lowest BCUT2D eigenvalue weighted by atomic mass is 10.1. The Bertz CT molecular complexity index is 254. The van der Waals surface area contributed by atoms with Gasteiger partial charge in [-0.15, -0.1) is 0 Å². The lowest BCUT2D eigenvalue weighted by Crippen LogP contribution is -2.51. The molecule has 2 atom stereocenters. The van der Waals surface area contributed by atoms with Crippen LogP contribution in [-0.4, -0.2) is 53.5 Å². The molecule has 0 radical (unpaired) electrons. The van der Waals surface area contributed by atoms with Crippen molar-refractivity contribution >= 4 is 11.9 Å². The first kappa shape index (κ1) is 14.8. The molecule has 5 N–H and O–H groups in total. The lowest BCUT2D eigenvalue weighted by Gasteiger charge is -2.21. The van der Waals surface area contributed by atoms with Gasteiger partial charge in [0.1, 0.15) is 5.60 Å². The van der Waals surface area contributed by atoms with Gasteiger partial charge in [-0.2, -0.15) is 0 Å². The van der Waals surface area contributed by atoms with Gasteiger partial charge in [0.2, 0.25) is 5.91 Å². The Kier molecular flexibility index (Phi) is 5.94. The lowest BCUT2D eigenvalue weighted by molar-refractivity contribution is -0.148. The molecule has 0 spiro atoms. The number of carbonyl (C=O) groups excluding carboxylic acids is 2. The van der Waals surface area contributed by atoms with Gasteiger partial charge in [-0.25, -0.2) is 4.79 Å². The van der Waals surface area contributed by atoms with Crippen molar-refractivity contribution in [2.45, 2.75) is 25.5 Å². The average Bonchev–Trinajstić information content (AvgIpc) is 2.25. The molecule has 0 aliphatic heterocycles. The molecule has 0 aromatic carbocycles. The third-order valence-electron chi connectivity index (χ3n) is 1.81. The van der Waals surface area contributed by atoms with Gasteiger partial charge in [0.05, 0.1) is 13.2 Å². The van der Waals surface area contributed by atoms with E-state index in [0.717, 1.165) is 0 Å². The second kappa shape index (κ2) is 6.41. The molecule has 0 heterocycles. The number of aliphatic hydroxyl groups is 2. The van der Waals surface area contributed by atoms with Crippen LogP contribution in [0.3, 0.4) is 0 Å². The third-order valence-corrected chi connectivity index (χ3v) is 1.81. The minimum Gasteiger partial charge on any atom is -0.464 e. The molecule has 2 unspecified atom stereocenters. The number of carbonyl (C=O) groups is 2. The molecule has 0 aromatic heterocycles. The summed E-state index contributed by atoms with van der Waals surface area (Å²) in [4.78, 5) is 22.4. The normalized spacial score (nSPS) is 16.1. The number of aliphatic hydroxyl groups excluding tert-OH is 1. The van der Waals surface area contributed by atoms with Crippen LogP contribution < -0.4 is 11.1 Å². The molecule has 7 heteroatoms. The average molecular weight is 234 g/mol. The van der Waals surface area contributed by atoms with E-state index in [1.54, 1.807) is 6.92 Å². The number of rotatable bonds is 6. The fraction of sp³-hybridized carbons (Fsp3) is 0.778. The fourth-order valence-corrected chi connectivity index (χ4v) is 0.782. The maximum Gasteiger partial charge on any atom is 0.332 e. The minimum absolute atomic E-state index is 0.133. The van der Waals surface area contributed by atoms with Crippen molar-refractivity contribution in [1.29, 1.82) is 0 Å². The number of nitrogens with one attached hydrogen (secondary N) is 1. The summed E-state index contributed by atoms with van der Waals surface area (Å²) < 4.78 is 4.55. The predicted octanol–water partition coefficient (Wildman–Crippen LogP) is -2.26. The molecule has 0 aromatic rings. The molecule has 0 saturated carbocycles. The molecule has 0 bridgehead atoms. The van der Waals surface area contributed by atoms with Crippen LogP contribution in [0.1, 0.15) is 13.8 Å². The highest BCUT2D eigenvalue weighted by Crippen LogP contribution is 1.98. The molecular weight excluding hydrogens is 216 g/mol. The minimum atomic E-state index is -1.44. The van der Waals surface area contributed by atoms with Crippen LogP contribution in [0.5, 0.6) is 0 Å². The number of nitrogens with two attached hydrogens (primary N) is 1. The van der Waals surface area contributed by atoms with E-state index in [4.69, 9.17) is 10.8 Å². The first-order chi connectivity index (χ1) is 7.34. The molecule has 0 fully saturated rings. The molecule has 7 nitrogen and oxygen atoms in total. The van der Waals surface area contributed by atoms with E-state index in [0.29, 0.717) is 0 Å². The molecule has 94 valence electrons. The quantitative estimate of drug-likeness (QED) is 0.304. The summed E-state index contributed by atoms with van der Waals surface area (Å²) in [5, 5.41) is 20.3. The highest BCUT2D eigenvalue weighted by atomic mass is 16.5. The number of hydrogen-bond donors (Lipinski definition) is 4. The summed E-state index contributed by atoms with van der Waals surface area (Å²) in [5.41, 5.74) is 3.85. The van der Waals surface area contributed by atoms with Crippen molar-refractivity contribution in [3.05, 3.63) is 0 Å². The molecule has 0 rings (SSSR count). The first-order valence-corrected chi connectivity index (χ1v) is 4.87. The predicted molar refractivity (Wildman–Crippen MR) is 55.3 cm³/mol. The van der Waals surface area contributed by atoms with E-state index in [-0.39, 0.29) is 13.2 Å². The molecule has 1 amide bonds. The maximum absolute atomic E-state index is 11.3. The zero-order chi connectivity index (χ0) is 12.8. The van der Waals surface area contributed by atoms with Crippen LogP contribution in [0.4, 0.5) is 0 Å². The molecular formula is C9H18N2O5. The van der Waals surface area contributed by atoms with Crippen LogP contribution in [0.25, 0.3) is 0 Å². The largest absolute Gasteiger partial charge is 0.464 e. The number of amides is 1. The standard InChI is InChI=1S/C9H18N2O5/c1-3-16-8(14)6(10)7(13)11-4-9(2,15)5-12/h6,12,15H,3-5,10H2,1-2H3,(H,11,13). The summed E-state index contributed by atoms with van der Waals surface area (Å²) in [7, 11) is 0. The van der Waals surface area contributed by atoms with E-state index >= 15 is 0 Å². The topological polar surface area (TPSA) is 122 Å². The van der Waals surface area contributed by atoms with E-state index in [2.05, 4.69) is 10.1 Å². The number of esters is 1. The van der Waals surface area contributed by atoms with E-state index in [9.17, 15) is 14.7 Å². The monoisotopic (exact) mass is 234 g/mol. The van der Waals surface area contributed by atoms with Gasteiger partial charge in [-0.3, -0.25) is 4.79 Å². The highest BCUT2D eigenvalue weighted by molar-refractivity contribution is 6.01. The Hall–Kier alpha value is -1.18. The van der Waals surface area contributed by atoms with Gasteiger partial charge in [-0.1, -0.05) is 0 Å². The Morgan fingerprint density at radius 3 is 2.56 bits per heavy atom. The second-order valence-corrected chi connectivity index (χ2v) is 3.60. The maximum atomic E-state index is 11.3. The summed E-state index contributed by atoms with van der Waals surface area (Å²) in [6, 6.07) is -1.42. The van der Waals surface area contributed by atoms with Crippen LogP contribution in [0, 0.1) is 0 Å². The van der Waals surface area contributed by atoms with Crippen molar-refractivity contribution in [2.75, 3.05) is 19.8 Å². The third kappa shape index (κ3) is 5.06. The Morgan fingerprint density at radius 1 is 1.56 bits per heavy atom. The molecule has 0 saturated heterocycles. The second-order valence-electron chi connectivity index (χ2n) is 3.60. The highest BCUT2D eigenvalue weighted by Gasteiger charge is 2.26. The van der Waals surface area contributed by atoms with Gasteiger partial charge < -0.3 is 26.0 Å². The van der Waals surface area contributed by atoms with Crippen LogP contribution in [0.2, 0.25) is 0 Å². The molecule has 0 aliphatic rings. The summed E-state index contributed by atoms with van der Waals surface area (Å²) in [6.07, 6.45) is 0. The van der Waals surface area contributed by atoms with Gasteiger partial charge >= 0.3 is 5.97 Å². The Morgan fingerprint density at radius 2 is 2.12 bits per heavy atom. The fourth-order valence-electron chi connectivity index (χ4n) is 0.782. The van der Waals surface area contributed by atoms with Gasteiger partial charge in [-0.05, 0) is 13.8 Å². The van der Waals surface area contributed by atoms with Crippen molar-refractivity contribution in [1.82, 2.24) is 5.32 Å². The number of hydrogen-bond acceptors (Lipinski definition) is 6. The first-order valence-electron chi connectivity index (χ1n) is 4.87. The van der Waals surface area contributed by atoms with Crippen LogP contribution in [0.15, 0.2) is 0 Å². The molecule has 16 heavy (non-hydrogen) atoms. The van der Waals surface area contributed by atoms with Gasteiger partial charge in [0, 0.05) is 6.54 Å². The van der Waals surface area contributed by atoms with Crippen molar-refractivity contribution in [2.24, 2.45) is 5.73 Å². The van der Waals surface area contributed by atoms with Crippen molar-refractivity contribution < 1.29 is 24.5 Å². The molecule has 0 aliphatic carbocycles. The summed E-state index contributed by atoms with van der Waals surface area (Å²) >= 11 is 0. The van der Waals surface area contributed by atoms with E-state index in [1.165, 1.54) is 6.92 Å². The summed E-state index contributed by atoms with van der Waals surface area (Å²) in [5.74, 6) is -1.59. The van der Waals surface area contributed by atoms with Crippen LogP contribution >= 0.6 is 0 Å². The Balaban J connectivity index is 4.11. The van der Waals surface area contributed by atoms with E-state index < -0.39 is 30.1 Å². The number of ether oxygens (including phenoxy) is 1. The Labute approximate surface area is 93.6 Å². The van der Waals surface area contributed by atoms with Crippen LogP contribution in [-0.2, 0) is 14.3 Å². The zero-order valence-electron chi connectivity index (χ0n) is 9.40. The smallest absolute Gasteiger partial charge is 0.332 e. The van der Waals surface area contributed by atoms with Crippen molar-refractivity contribution in [3.8, 4) is 0 Å². The van der Waals surface area contributed by atoms with Gasteiger partial charge in [0.25, 0.3) is 0 Å².